The number of nitrogens with zero attached hydrogens (tertiary/aromatic N) is 4. The van der Waals surface area contributed by atoms with Crippen LogP contribution in [0.4, 0.5) is 24.7 Å². The Bertz CT molecular complexity index is 1970. The van der Waals surface area contributed by atoms with Gasteiger partial charge in [-0.1, -0.05) is 31.2 Å². The third-order valence-corrected chi connectivity index (χ3v) is 9.06. The quantitative estimate of drug-likeness (QED) is 0.187. The van der Waals surface area contributed by atoms with Gasteiger partial charge in [-0.3, -0.25) is 0 Å². The maximum absolute atomic E-state index is 17.0. The second-order valence-electron chi connectivity index (χ2n) is 12.0. The van der Waals surface area contributed by atoms with Gasteiger partial charge in [-0.15, -0.1) is 0 Å². The molecule has 244 valence electrons. The zero-order valence-corrected chi connectivity index (χ0v) is 25.6. The molecule has 0 saturated carbocycles. The number of ether oxygens (including phenoxy) is 2. The van der Waals surface area contributed by atoms with E-state index in [1.165, 1.54) is 4.90 Å². The van der Waals surface area contributed by atoms with Gasteiger partial charge < -0.3 is 29.2 Å². The van der Waals surface area contributed by atoms with E-state index < -0.39 is 42.0 Å². The smallest absolute Gasteiger partial charge is 0.326 e. The Morgan fingerprint density at radius 3 is 2.74 bits per heavy atom. The van der Waals surface area contributed by atoms with Crippen molar-refractivity contribution >= 4 is 39.5 Å². The van der Waals surface area contributed by atoms with E-state index in [-0.39, 0.29) is 61.0 Å². The first kappa shape index (κ1) is 30.7. The number of nitrogens with one attached hydrogen (secondary N) is 1. The minimum atomic E-state index is -3.01. The number of aliphatic carboxylic acids is 1. The van der Waals surface area contributed by atoms with Gasteiger partial charge in [-0.05, 0) is 35.9 Å². The van der Waals surface area contributed by atoms with Crippen LogP contribution in [-0.2, 0) is 15.2 Å². The van der Waals surface area contributed by atoms with Crippen molar-refractivity contribution in [3.63, 3.8) is 0 Å². The van der Waals surface area contributed by atoms with Crippen molar-refractivity contribution in [1.82, 2.24) is 15.0 Å². The topological polar surface area (TPSA) is 123 Å². The molecule has 0 aliphatic carbocycles. The minimum absolute atomic E-state index is 0.0376. The highest BCUT2D eigenvalue weighted by atomic mass is 19.3. The molecule has 5 aromatic rings. The summed E-state index contributed by atoms with van der Waals surface area (Å²) in [7, 11) is 1.81. The van der Waals surface area contributed by atoms with Crippen molar-refractivity contribution in [2.75, 3.05) is 37.0 Å². The van der Waals surface area contributed by atoms with E-state index >= 15 is 4.39 Å². The molecule has 0 bridgehead atoms. The van der Waals surface area contributed by atoms with Crippen molar-refractivity contribution in [2.24, 2.45) is 5.92 Å². The first-order chi connectivity index (χ1) is 22.7. The Labute approximate surface area is 267 Å². The molecule has 2 aliphatic heterocycles. The van der Waals surface area contributed by atoms with Gasteiger partial charge >= 0.3 is 5.97 Å². The van der Waals surface area contributed by atoms with Gasteiger partial charge in [0.25, 0.3) is 6.43 Å². The number of halogens is 3. The maximum atomic E-state index is 17.0. The van der Waals surface area contributed by atoms with Crippen LogP contribution in [-0.4, -0.2) is 65.0 Å². The van der Waals surface area contributed by atoms with E-state index in [1.807, 2.05) is 31.3 Å². The molecule has 0 radical (unpaired) electrons. The number of carboxylic acids is 1. The summed E-state index contributed by atoms with van der Waals surface area (Å²) in [6, 6.07) is 15.0. The Kier molecular flexibility index (Phi) is 7.87. The fourth-order valence-electron chi connectivity index (χ4n) is 6.51. The number of hydrogen-bond donors (Lipinski definition) is 2. The number of anilines is 2. The van der Waals surface area contributed by atoms with Crippen molar-refractivity contribution < 1.29 is 37.0 Å². The highest BCUT2D eigenvalue weighted by Gasteiger charge is 2.46. The fraction of sp³-hybridized carbons (Fsp3) is 0.353. The second-order valence-corrected chi connectivity index (χ2v) is 12.0. The molecule has 3 aromatic heterocycles. The van der Waals surface area contributed by atoms with Crippen LogP contribution >= 0.6 is 0 Å². The van der Waals surface area contributed by atoms with Crippen LogP contribution in [0.1, 0.15) is 37.6 Å². The molecular weight excluding hydrogens is 615 g/mol. The number of benzene rings is 2. The van der Waals surface area contributed by atoms with Crippen molar-refractivity contribution in [1.29, 1.82) is 0 Å². The van der Waals surface area contributed by atoms with Crippen LogP contribution in [0.25, 0.3) is 33.2 Å². The summed E-state index contributed by atoms with van der Waals surface area (Å²) < 4.78 is 62.9. The molecule has 4 atom stereocenters. The number of furan rings is 1. The number of fused-ring (bicyclic) bond motifs is 3. The van der Waals surface area contributed by atoms with Gasteiger partial charge in [0.1, 0.15) is 28.9 Å². The summed E-state index contributed by atoms with van der Waals surface area (Å²) >= 11 is 0. The Hall–Kier alpha value is -4.91. The molecule has 0 spiro atoms. The number of para-hydroxylation sites is 1. The summed E-state index contributed by atoms with van der Waals surface area (Å²) in [5.41, 5.74) is 1.45. The van der Waals surface area contributed by atoms with Gasteiger partial charge in [0.15, 0.2) is 17.2 Å². The fourth-order valence-corrected chi connectivity index (χ4v) is 6.51. The zero-order chi connectivity index (χ0) is 32.9. The molecule has 13 heteroatoms. The average molecular weight is 648 g/mol. The standard InChI is InChI=1S/C34H32F3N5O5/c1-18-17-45-11-10-34(18,37)24-13-20(19-6-5-7-21(12-19)38-2)15-39-32(24)46-22-14-25(33(43)44)42(16-22)31-28-27(40-30(41-31)29(35)36)23-8-3-4-9-26(23)47-28/h3-9,12-13,15,18,22,25,29,38H,10-11,14,16-17H2,1-2H3,(H,43,44)/t18-,22?,25-,34+/m0/s1. The number of rotatable bonds is 8. The van der Waals surface area contributed by atoms with E-state index in [9.17, 15) is 18.7 Å². The third kappa shape index (κ3) is 5.47. The van der Waals surface area contributed by atoms with E-state index in [1.54, 1.807) is 43.5 Å². The van der Waals surface area contributed by atoms with Crippen molar-refractivity contribution in [3.8, 4) is 17.0 Å². The zero-order valence-electron chi connectivity index (χ0n) is 25.6. The molecule has 2 N–H and O–H groups in total. The van der Waals surface area contributed by atoms with Gasteiger partial charge in [-0.2, -0.15) is 0 Å². The van der Waals surface area contributed by atoms with Crippen LogP contribution in [0, 0.1) is 5.92 Å². The summed E-state index contributed by atoms with van der Waals surface area (Å²) in [6.07, 6.45) is -2.17. The Morgan fingerprint density at radius 1 is 1.15 bits per heavy atom. The van der Waals surface area contributed by atoms with Crippen molar-refractivity contribution in [2.45, 2.75) is 44.0 Å². The number of carboxylic acid groups (broad SMARTS) is 1. The highest BCUT2D eigenvalue weighted by molar-refractivity contribution is 6.06. The van der Waals surface area contributed by atoms with E-state index in [0.29, 0.717) is 16.5 Å². The van der Waals surface area contributed by atoms with Crippen LogP contribution in [0.5, 0.6) is 5.88 Å². The lowest BCUT2D eigenvalue weighted by Gasteiger charge is -2.37. The van der Waals surface area contributed by atoms with Crippen LogP contribution in [0.15, 0.2) is 65.2 Å². The van der Waals surface area contributed by atoms with Gasteiger partial charge in [0.2, 0.25) is 5.88 Å². The number of pyridine rings is 1. The van der Waals surface area contributed by atoms with E-state index in [0.717, 1.165) is 11.3 Å². The minimum Gasteiger partial charge on any atom is -0.480 e. The third-order valence-electron chi connectivity index (χ3n) is 9.06. The highest BCUT2D eigenvalue weighted by Crippen LogP contribution is 2.46. The normalized spacial score (nSPS) is 23.1. The lowest BCUT2D eigenvalue weighted by Crippen LogP contribution is -2.38. The van der Waals surface area contributed by atoms with Gasteiger partial charge in [0, 0.05) is 55.2 Å². The molecule has 7 rings (SSSR count). The van der Waals surface area contributed by atoms with Crippen LogP contribution in [0.3, 0.4) is 0 Å². The molecule has 2 fully saturated rings. The SMILES string of the molecule is CNc1cccc(-c2cnc(OC3C[C@@H](C(=O)O)N(c4nc(C(F)F)nc5c4oc4ccccc45)C3)c([C@@]3(F)CCOC[C@@H]3C)c2)c1. The first-order valence-electron chi connectivity index (χ1n) is 15.3. The van der Waals surface area contributed by atoms with Crippen molar-refractivity contribution in [3.05, 3.63) is 72.2 Å². The molecule has 10 nitrogen and oxygen atoms in total. The van der Waals surface area contributed by atoms with Crippen LogP contribution < -0.4 is 15.0 Å². The summed E-state index contributed by atoms with van der Waals surface area (Å²) in [4.78, 5) is 26.6. The van der Waals surface area contributed by atoms with Gasteiger partial charge in [0.05, 0.1) is 18.7 Å². The first-order valence-corrected chi connectivity index (χ1v) is 15.3. The predicted octanol–water partition coefficient (Wildman–Crippen LogP) is 6.75. The lowest BCUT2D eigenvalue weighted by atomic mass is 9.80. The Morgan fingerprint density at radius 2 is 1.98 bits per heavy atom. The summed E-state index contributed by atoms with van der Waals surface area (Å²) in [5.74, 6) is -2.50. The van der Waals surface area contributed by atoms with Gasteiger partial charge in [-0.25, -0.2) is 32.9 Å². The van der Waals surface area contributed by atoms with E-state index in [2.05, 4.69) is 20.3 Å². The molecule has 2 saturated heterocycles. The monoisotopic (exact) mass is 647 g/mol. The summed E-state index contributed by atoms with van der Waals surface area (Å²) in [5, 5.41) is 13.8. The van der Waals surface area contributed by atoms with E-state index in [4.69, 9.17) is 13.9 Å². The number of hydrogen-bond acceptors (Lipinski definition) is 9. The molecule has 2 aliphatic rings. The average Bonchev–Trinajstić information content (AvgIpc) is 3.68. The number of aromatic nitrogens is 3. The largest absolute Gasteiger partial charge is 0.480 e. The second kappa shape index (κ2) is 12.0. The number of carbonyl (C=O) groups is 1. The summed E-state index contributed by atoms with van der Waals surface area (Å²) in [6.45, 7) is 2.13. The van der Waals surface area contributed by atoms with Crippen LogP contribution in [0.2, 0.25) is 0 Å². The number of alkyl halides is 3. The Balaban J connectivity index is 1.28. The molecule has 1 unspecified atom stereocenters. The molecule has 5 heterocycles. The molecular formula is C34H32F3N5O5. The maximum Gasteiger partial charge on any atom is 0.326 e. The molecule has 2 aromatic carbocycles. The lowest BCUT2D eigenvalue weighted by molar-refractivity contribution is -0.138. The predicted molar refractivity (Wildman–Crippen MR) is 169 cm³/mol. The molecule has 0 amide bonds. The molecule has 47 heavy (non-hydrogen) atoms.